The topological polar surface area (TPSA) is 75.3 Å². The summed E-state index contributed by atoms with van der Waals surface area (Å²) in [5.41, 5.74) is 3.08. The molecule has 0 aliphatic heterocycles. The standard InChI is InChI=1S/C23H23ClN2O3S2/c1-17-7-9-18(10-8-17)16-30-14-13-25-23(27)19-11-12-22(21(24)15-19)26-31(28,29)20-5-3-2-4-6-20/h2-12,15,26H,13-14,16H2,1H3,(H,25,27). The second kappa shape index (κ2) is 10.7. The number of hydrogen-bond donors (Lipinski definition) is 2. The molecular weight excluding hydrogens is 452 g/mol. The Morgan fingerprint density at radius 2 is 1.71 bits per heavy atom. The number of nitrogens with one attached hydrogen (secondary N) is 2. The lowest BCUT2D eigenvalue weighted by Gasteiger charge is -2.11. The van der Waals surface area contributed by atoms with Gasteiger partial charge in [0.1, 0.15) is 0 Å². The maximum atomic E-state index is 12.4. The van der Waals surface area contributed by atoms with Crippen LogP contribution < -0.4 is 10.0 Å². The Morgan fingerprint density at radius 1 is 1.00 bits per heavy atom. The molecule has 0 spiro atoms. The van der Waals surface area contributed by atoms with Crippen molar-refractivity contribution in [3.63, 3.8) is 0 Å². The molecule has 0 bridgehead atoms. The second-order valence-corrected chi connectivity index (χ2v) is 10.1. The molecule has 162 valence electrons. The van der Waals surface area contributed by atoms with E-state index < -0.39 is 10.0 Å². The van der Waals surface area contributed by atoms with E-state index in [1.807, 2.05) is 0 Å². The summed E-state index contributed by atoms with van der Waals surface area (Å²) >= 11 is 7.96. The molecule has 3 rings (SSSR count). The monoisotopic (exact) mass is 474 g/mol. The highest BCUT2D eigenvalue weighted by Gasteiger charge is 2.16. The third-order valence-corrected chi connectivity index (χ3v) is 7.17. The zero-order chi connectivity index (χ0) is 22.3. The molecule has 0 heterocycles. The zero-order valence-corrected chi connectivity index (χ0v) is 19.4. The molecule has 0 saturated carbocycles. The van der Waals surface area contributed by atoms with Gasteiger partial charge in [0.15, 0.2) is 0 Å². The van der Waals surface area contributed by atoms with Crippen LogP contribution in [0.5, 0.6) is 0 Å². The van der Waals surface area contributed by atoms with Gasteiger partial charge in [0.2, 0.25) is 0 Å². The molecule has 0 saturated heterocycles. The van der Waals surface area contributed by atoms with Gasteiger partial charge < -0.3 is 5.32 Å². The van der Waals surface area contributed by atoms with E-state index in [0.29, 0.717) is 12.1 Å². The number of anilines is 1. The van der Waals surface area contributed by atoms with Crippen molar-refractivity contribution in [3.8, 4) is 0 Å². The van der Waals surface area contributed by atoms with Gasteiger partial charge in [0.25, 0.3) is 15.9 Å². The number of hydrogen-bond acceptors (Lipinski definition) is 4. The normalized spacial score (nSPS) is 11.2. The summed E-state index contributed by atoms with van der Waals surface area (Å²) in [4.78, 5) is 12.5. The van der Waals surface area contributed by atoms with Gasteiger partial charge in [-0.1, -0.05) is 59.6 Å². The Balaban J connectivity index is 1.50. The minimum Gasteiger partial charge on any atom is -0.351 e. The van der Waals surface area contributed by atoms with Gasteiger partial charge in [-0.3, -0.25) is 9.52 Å². The highest BCUT2D eigenvalue weighted by atomic mass is 35.5. The molecule has 8 heteroatoms. The predicted octanol–water partition coefficient (Wildman–Crippen LogP) is 5.11. The predicted molar refractivity (Wildman–Crippen MR) is 128 cm³/mol. The highest BCUT2D eigenvalue weighted by Crippen LogP contribution is 2.26. The third kappa shape index (κ3) is 6.75. The lowest BCUT2D eigenvalue weighted by molar-refractivity contribution is 0.0956. The summed E-state index contributed by atoms with van der Waals surface area (Å²) < 4.78 is 27.3. The van der Waals surface area contributed by atoms with Crippen molar-refractivity contribution in [1.29, 1.82) is 0 Å². The average Bonchev–Trinajstić information content (AvgIpc) is 2.76. The minimum absolute atomic E-state index is 0.135. The Hall–Kier alpha value is -2.48. The quantitative estimate of drug-likeness (QED) is 0.422. The fourth-order valence-electron chi connectivity index (χ4n) is 2.76. The number of aryl methyl sites for hydroxylation is 1. The molecular formula is C23H23ClN2O3S2. The number of thioether (sulfide) groups is 1. The maximum Gasteiger partial charge on any atom is 0.261 e. The van der Waals surface area contributed by atoms with E-state index in [0.717, 1.165) is 11.5 Å². The molecule has 0 aliphatic rings. The van der Waals surface area contributed by atoms with Gasteiger partial charge in [0, 0.05) is 23.6 Å². The van der Waals surface area contributed by atoms with Crippen molar-refractivity contribution in [2.45, 2.75) is 17.6 Å². The van der Waals surface area contributed by atoms with Crippen LogP contribution in [0.15, 0.2) is 77.7 Å². The van der Waals surface area contributed by atoms with Crippen LogP contribution in [0, 0.1) is 6.92 Å². The van der Waals surface area contributed by atoms with Crippen LogP contribution in [0.2, 0.25) is 5.02 Å². The molecule has 0 aromatic heterocycles. The van der Waals surface area contributed by atoms with E-state index in [9.17, 15) is 13.2 Å². The van der Waals surface area contributed by atoms with E-state index in [1.165, 1.54) is 35.4 Å². The van der Waals surface area contributed by atoms with E-state index in [2.05, 4.69) is 41.2 Å². The summed E-state index contributed by atoms with van der Waals surface area (Å²) in [6.07, 6.45) is 0. The van der Waals surface area contributed by atoms with Gasteiger partial charge in [0.05, 0.1) is 15.6 Å². The zero-order valence-electron chi connectivity index (χ0n) is 17.0. The SMILES string of the molecule is Cc1ccc(CSCCNC(=O)c2ccc(NS(=O)(=O)c3ccccc3)c(Cl)c2)cc1. The van der Waals surface area contributed by atoms with E-state index in [-0.39, 0.29) is 21.5 Å². The van der Waals surface area contributed by atoms with Crippen LogP contribution >= 0.6 is 23.4 Å². The van der Waals surface area contributed by atoms with Crippen LogP contribution in [0.25, 0.3) is 0 Å². The Labute approximate surface area is 192 Å². The summed E-state index contributed by atoms with van der Waals surface area (Å²) in [5, 5.41) is 3.01. The Morgan fingerprint density at radius 3 is 2.39 bits per heavy atom. The van der Waals surface area contributed by atoms with Crippen LogP contribution in [0.1, 0.15) is 21.5 Å². The molecule has 31 heavy (non-hydrogen) atoms. The smallest absolute Gasteiger partial charge is 0.261 e. The summed E-state index contributed by atoms with van der Waals surface area (Å²) in [6.45, 7) is 2.58. The van der Waals surface area contributed by atoms with Crippen molar-refractivity contribution < 1.29 is 13.2 Å². The van der Waals surface area contributed by atoms with Crippen LogP contribution in [0.4, 0.5) is 5.69 Å². The summed E-state index contributed by atoms with van der Waals surface area (Å²) in [5.74, 6) is 1.41. The fourth-order valence-corrected chi connectivity index (χ4v) is 4.96. The maximum absolute atomic E-state index is 12.4. The first kappa shape index (κ1) is 23.2. The van der Waals surface area contributed by atoms with E-state index >= 15 is 0 Å². The van der Waals surface area contributed by atoms with Crippen molar-refractivity contribution in [1.82, 2.24) is 5.32 Å². The molecule has 0 aliphatic carbocycles. The van der Waals surface area contributed by atoms with Crippen LogP contribution in [0.3, 0.4) is 0 Å². The van der Waals surface area contributed by atoms with Gasteiger partial charge in [-0.25, -0.2) is 8.42 Å². The van der Waals surface area contributed by atoms with Crippen molar-refractivity contribution in [3.05, 3.63) is 94.5 Å². The van der Waals surface area contributed by atoms with Gasteiger partial charge in [-0.15, -0.1) is 0 Å². The number of benzene rings is 3. The summed E-state index contributed by atoms with van der Waals surface area (Å²) in [6, 6.07) is 20.9. The number of sulfonamides is 1. The minimum atomic E-state index is -3.75. The fraction of sp³-hybridized carbons (Fsp3) is 0.174. The van der Waals surface area contributed by atoms with Crippen molar-refractivity contribution >= 4 is 45.0 Å². The molecule has 5 nitrogen and oxygen atoms in total. The number of amides is 1. The average molecular weight is 475 g/mol. The molecule has 0 fully saturated rings. The number of carbonyl (C=O) groups excluding carboxylic acids is 1. The molecule has 3 aromatic carbocycles. The first-order valence-corrected chi connectivity index (χ1v) is 12.7. The molecule has 0 atom stereocenters. The van der Waals surface area contributed by atoms with Gasteiger partial charge >= 0.3 is 0 Å². The van der Waals surface area contributed by atoms with Crippen LogP contribution in [-0.4, -0.2) is 26.6 Å². The van der Waals surface area contributed by atoms with Crippen LogP contribution in [-0.2, 0) is 15.8 Å². The van der Waals surface area contributed by atoms with E-state index in [4.69, 9.17) is 11.6 Å². The first-order valence-electron chi connectivity index (χ1n) is 9.64. The first-order chi connectivity index (χ1) is 14.8. The third-order valence-electron chi connectivity index (χ3n) is 4.45. The second-order valence-electron chi connectivity index (χ2n) is 6.91. The number of rotatable bonds is 9. The highest BCUT2D eigenvalue weighted by molar-refractivity contribution is 7.98. The largest absolute Gasteiger partial charge is 0.351 e. The summed E-state index contributed by atoms with van der Waals surface area (Å²) in [7, 11) is -3.75. The number of carbonyl (C=O) groups is 1. The van der Waals surface area contributed by atoms with Gasteiger partial charge in [-0.2, -0.15) is 11.8 Å². The Kier molecular flexibility index (Phi) is 8.01. The molecule has 0 unspecified atom stereocenters. The Bertz CT molecular complexity index is 1140. The molecule has 0 radical (unpaired) electrons. The molecule has 3 aromatic rings. The van der Waals surface area contributed by atoms with Gasteiger partial charge in [-0.05, 0) is 42.8 Å². The van der Waals surface area contributed by atoms with E-state index in [1.54, 1.807) is 36.0 Å². The molecule has 2 N–H and O–H groups in total. The van der Waals surface area contributed by atoms with Crippen molar-refractivity contribution in [2.75, 3.05) is 17.0 Å². The van der Waals surface area contributed by atoms with Crippen molar-refractivity contribution in [2.24, 2.45) is 0 Å². The molecule has 1 amide bonds. The number of halogens is 1. The lowest BCUT2D eigenvalue weighted by atomic mass is 10.2. The lowest BCUT2D eigenvalue weighted by Crippen LogP contribution is -2.25.